The number of aryl methyl sites for hydroxylation is 2. The molecule has 4 aromatic rings. The Kier molecular flexibility index (Phi) is 12.4. The summed E-state index contributed by atoms with van der Waals surface area (Å²) in [7, 11) is 0. The van der Waals surface area contributed by atoms with Crippen LogP contribution < -0.4 is 4.90 Å². The fourth-order valence-electron chi connectivity index (χ4n) is 4.37. The van der Waals surface area contributed by atoms with Crippen molar-refractivity contribution in [2.75, 3.05) is 24.6 Å². The molecule has 45 heavy (non-hydrogen) atoms. The SMILES string of the molecule is C=CC(=O)OCCN(CC)c1ccc(N=Nc2ccc(N=Nc3ccc(N=Nc4ccc(CCCC)cc4)cc3)c(C)c2)cc1. The molecule has 0 saturated heterocycles. The van der Waals surface area contributed by atoms with Crippen molar-refractivity contribution < 1.29 is 9.53 Å². The summed E-state index contributed by atoms with van der Waals surface area (Å²) in [6, 6.07) is 29.1. The number of carbonyl (C=O) groups excluding carboxylic acids is 1. The van der Waals surface area contributed by atoms with Gasteiger partial charge in [-0.15, -0.1) is 0 Å². The molecule has 0 aliphatic carbocycles. The standard InChI is InChI=1S/C36H39N7O2/c1-5-8-9-28-10-12-29(13-11-28)37-38-30-14-16-31(17-15-30)40-42-35-23-20-33(26-27(35)4)41-39-32-18-21-34(22-19-32)43(7-3)24-25-45-36(44)6-2/h6,10-23,26H,2,5,7-9,24-25H2,1,3-4H3. The van der Waals surface area contributed by atoms with Crippen LogP contribution in [0, 0.1) is 6.92 Å². The van der Waals surface area contributed by atoms with Crippen molar-refractivity contribution in [3.05, 3.63) is 115 Å². The van der Waals surface area contributed by atoms with Crippen molar-refractivity contribution in [3.8, 4) is 0 Å². The van der Waals surface area contributed by atoms with Gasteiger partial charge in [-0.25, -0.2) is 4.79 Å². The molecule has 9 nitrogen and oxygen atoms in total. The van der Waals surface area contributed by atoms with Gasteiger partial charge < -0.3 is 9.64 Å². The van der Waals surface area contributed by atoms with Gasteiger partial charge in [0.1, 0.15) is 6.61 Å². The quantitative estimate of drug-likeness (QED) is 0.0768. The number of carbonyl (C=O) groups is 1. The number of anilines is 1. The Hall–Kier alpha value is -5.31. The molecule has 9 heteroatoms. The second-order valence-electron chi connectivity index (χ2n) is 10.3. The molecule has 0 saturated carbocycles. The van der Waals surface area contributed by atoms with Crippen molar-refractivity contribution in [3.63, 3.8) is 0 Å². The van der Waals surface area contributed by atoms with Crippen molar-refractivity contribution in [1.82, 2.24) is 0 Å². The Bertz CT molecular complexity index is 1630. The first-order chi connectivity index (χ1) is 22.0. The van der Waals surface area contributed by atoms with Gasteiger partial charge in [-0.05, 0) is 117 Å². The van der Waals surface area contributed by atoms with Crippen LogP contribution in [0.5, 0.6) is 0 Å². The first-order valence-electron chi connectivity index (χ1n) is 15.2. The minimum absolute atomic E-state index is 0.295. The maximum absolute atomic E-state index is 11.3. The highest BCUT2D eigenvalue weighted by Gasteiger charge is 2.06. The molecule has 0 N–H and O–H groups in total. The third-order valence-electron chi connectivity index (χ3n) is 6.99. The highest BCUT2D eigenvalue weighted by molar-refractivity contribution is 5.81. The van der Waals surface area contributed by atoms with Crippen molar-refractivity contribution in [1.29, 1.82) is 0 Å². The van der Waals surface area contributed by atoms with E-state index < -0.39 is 5.97 Å². The topological polar surface area (TPSA) is 104 Å². The number of esters is 1. The van der Waals surface area contributed by atoms with Crippen LogP contribution in [0.15, 0.2) is 134 Å². The van der Waals surface area contributed by atoms with E-state index in [4.69, 9.17) is 4.74 Å². The lowest BCUT2D eigenvalue weighted by atomic mass is 10.1. The Morgan fingerprint density at radius 1 is 0.733 bits per heavy atom. The first-order valence-corrected chi connectivity index (χ1v) is 15.2. The third-order valence-corrected chi connectivity index (χ3v) is 6.99. The van der Waals surface area contributed by atoms with Gasteiger partial charge >= 0.3 is 5.97 Å². The van der Waals surface area contributed by atoms with E-state index in [1.54, 1.807) is 0 Å². The Labute approximate surface area is 265 Å². The van der Waals surface area contributed by atoms with E-state index in [-0.39, 0.29) is 0 Å². The highest BCUT2D eigenvalue weighted by atomic mass is 16.5. The maximum atomic E-state index is 11.3. The summed E-state index contributed by atoms with van der Waals surface area (Å²) < 4.78 is 5.10. The van der Waals surface area contributed by atoms with Crippen LogP contribution in [-0.2, 0) is 16.0 Å². The number of unbranched alkanes of at least 4 members (excludes halogenated alkanes) is 1. The fraction of sp³-hybridized carbons (Fsp3) is 0.250. The predicted octanol–water partition coefficient (Wildman–Crippen LogP) is 11.1. The molecule has 230 valence electrons. The molecule has 0 atom stereocenters. The largest absolute Gasteiger partial charge is 0.461 e. The predicted molar refractivity (Wildman–Crippen MR) is 181 cm³/mol. The normalized spacial score (nSPS) is 11.4. The van der Waals surface area contributed by atoms with Crippen molar-refractivity contribution in [2.45, 2.75) is 40.0 Å². The highest BCUT2D eigenvalue weighted by Crippen LogP contribution is 2.29. The molecule has 0 spiro atoms. The Morgan fingerprint density at radius 3 is 1.78 bits per heavy atom. The summed E-state index contributed by atoms with van der Waals surface area (Å²) in [6.07, 6.45) is 4.64. The number of azo groups is 3. The Morgan fingerprint density at radius 2 is 1.24 bits per heavy atom. The van der Waals surface area contributed by atoms with Crippen LogP contribution in [0.4, 0.5) is 39.8 Å². The van der Waals surface area contributed by atoms with Crippen LogP contribution in [0.25, 0.3) is 0 Å². The molecule has 0 bridgehead atoms. The smallest absolute Gasteiger partial charge is 0.330 e. The van der Waals surface area contributed by atoms with Gasteiger partial charge in [-0.2, -0.15) is 30.7 Å². The number of hydrogen-bond acceptors (Lipinski definition) is 9. The number of ether oxygens (including phenoxy) is 1. The second-order valence-corrected chi connectivity index (χ2v) is 10.3. The monoisotopic (exact) mass is 601 g/mol. The van der Waals surface area contributed by atoms with Gasteiger partial charge in [0.15, 0.2) is 0 Å². The zero-order valence-corrected chi connectivity index (χ0v) is 26.1. The average molecular weight is 602 g/mol. The van der Waals surface area contributed by atoms with Crippen LogP contribution in [-0.4, -0.2) is 25.7 Å². The zero-order chi connectivity index (χ0) is 31.9. The van der Waals surface area contributed by atoms with E-state index in [2.05, 4.69) is 61.2 Å². The molecule has 0 aliphatic heterocycles. The number of hydrogen-bond donors (Lipinski definition) is 0. The van der Waals surface area contributed by atoms with Crippen LogP contribution in [0.2, 0.25) is 0 Å². The lowest BCUT2D eigenvalue weighted by molar-refractivity contribution is -0.137. The molecule has 0 amide bonds. The third kappa shape index (κ3) is 10.4. The zero-order valence-electron chi connectivity index (χ0n) is 26.1. The fourth-order valence-corrected chi connectivity index (χ4v) is 4.37. The number of benzene rings is 4. The lowest BCUT2D eigenvalue weighted by Crippen LogP contribution is -2.27. The summed E-state index contributed by atoms with van der Waals surface area (Å²) in [5.41, 5.74) is 7.78. The first kappa shape index (κ1) is 32.6. The summed E-state index contributed by atoms with van der Waals surface area (Å²) in [5.74, 6) is -0.419. The average Bonchev–Trinajstić information content (AvgIpc) is 3.08. The lowest BCUT2D eigenvalue weighted by Gasteiger charge is -2.22. The van der Waals surface area contributed by atoms with Crippen LogP contribution >= 0.6 is 0 Å². The molecular formula is C36H39N7O2. The van der Waals surface area contributed by atoms with E-state index in [0.29, 0.717) is 13.2 Å². The van der Waals surface area contributed by atoms with Gasteiger partial charge in [-0.1, -0.05) is 32.1 Å². The van der Waals surface area contributed by atoms with Crippen LogP contribution in [0.3, 0.4) is 0 Å². The molecule has 0 heterocycles. The van der Waals surface area contributed by atoms with Crippen LogP contribution in [0.1, 0.15) is 37.8 Å². The minimum atomic E-state index is -0.419. The van der Waals surface area contributed by atoms with E-state index in [1.165, 1.54) is 24.5 Å². The number of rotatable bonds is 15. The number of likely N-dealkylation sites (N-methyl/N-ethyl adjacent to an activating group) is 1. The minimum Gasteiger partial charge on any atom is -0.461 e. The second kappa shape index (κ2) is 17.1. The molecule has 0 aliphatic rings. The molecule has 4 rings (SSSR count). The summed E-state index contributed by atoms with van der Waals surface area (Å²) >= 11 is 0. The van der Waals surface area contributed by atoms with E-state index in [9.17, 15) is 4.79 Å². The van der Waals surface area contributed by atoms with E-state index >= 15 is 0 Å². The molecule has 0 unspecified atom stereocenters. The summed E-state index contributed by atoms with van der Waals surface area (Å²) in [6.45, 7) is 11.3. The molecule has 4 aromatic carbocycles. The summed E-state index contributed by atoms with van der Waals surface area (Å²) in [5, 5.41) is 26.2. The molecular weight excluding hydrogens is 562 g/mol. The van der Waals surface area contributed by atoms with Crippen molar-refractivity contribution >= 4 is 45.8 Å². The number of nitrogens with zero attached hydrogens (tertiary/aromatic N) is 7. The van der Waals surface area contributed by atoms with Gasteiger partial charge in [-0.3, -0.25) is 0 Å². The van der Waals surface area contributed by atoms with Gasteiger partial charge in [0.25, 0.3) is 0 Å². The maximum Gasteiger partial charge on any atom is 0.330 e. The van der Waals surface area contributed by atoms with Gasteiger partial charge in [0.05, 0.1) is 40.7 Å². The Balaban J connectivity index is 1.30. The van der Waals surface area contributed by atoms with E-state index in [0.717, 1.165) is 58.3 Å². The summed E-state index contributed by atoms with van der Waals surface area (Å²) in [4.78, 5) is 13.4. The van der Waals surface area contributed by atoms with Gasteiger partial charge in [0, 0.05) is 18.3 Å². The van der Waals surface area contributed by atoms with Gasteiger partial charge in [0.2, 0.25) is 0 Å². The molecule has 0 aromatic heterocycles. The van der Waals surface area contributed by atoms with E-state index in [1.807, 2.05) is 92.7 Å². The molecule has 0 radical (unpaired) electrons. The molecule has 0 fully saturated rings. The van der Waals surface area contributed by atoms with Crippen molar-refractivity contribution in [2.24, 2.45) is 30.7 Å².